The normalized spacial score (nSPS) is 22.6. The van der Waals surface area contributed by atoms with Gasteiger partial charge in [0.15, 0.2) is 9.84 Å². The molecular weight excluding hydrogens is 240 g/mol. The maximum Gasteiger partial charge on any atom is 0.221 e. The second-order valence-corrected chi connectivity index (χ2v) is 7.19. The van der Waals surface area contributed by atoms with E-state index in [0.717, 1.165) is 5.41 Å². The molecule has 2 N–H and O–H groups in total. The Balaban J connectivity index is 2.25. The summed E-state index contributed by atoms with van der Waals surface area (Å²) in [5.41, 5.74) is -0.0170. The van der Waals surface area contributed by atoms with E-state index in [1.165, 1.54) is 6.08 Å². The van der Waals surface area contributed by atoms with Crippen LogP contribution in [0.25, 0.3) is 0 Å². The number of carbonyl (C=O) groups is 1. The highest BCUT2D eigenvalue weighted by Crippen LogP contribution is 2.07. The summed E-state index contributed by atoms with van der Waals surface area (Å²) in [6.45, 7) is 6.66. The predicted octanol–water partition coefficient (Wildman–Crippen LogP) is 0.192. The third-order valence-electron chi connectivity index (χ3n) is 2.28. The van der Waals surface area contributed by atoms with E-state index in [9.17, 15) is 13.2 Å². The lowest BCUT2D eigenvalue weighted by molar-refractivity contribution is -0.121. The zero-order chi connectivity index (χ0) is 13.1. The van der Waals surface area contributed by atoms with E-state index in [2.05, 4.69) is 10.6 Å². The first-order valence-corrected chi connectivity index (χ1v) is 7.35. The summed E-state index contributed by atoms with van der Waals surface area (Å²) < 4.78 is 22.2. The average molecular weight is 260 g/mol. The van der Waals surface area contributed by atoms with Crippen molar-refractivity contribution >= 4 is 15.7 Å². The van der Waals surface area contributed by atoms with Crippen LogP contribution in [0.4, 0.5) is 0 Å². The lowest BCUT2D eigenvalue weighted by atomic mass is 10.1. The lowest BCUT2D eigenvalue weighted by Crippen LogP contribution is -2.40. The van der Waals surface area contributed by atoms with Crippen LogP contribution >= 0.6 is 0 Å². The van der Waals surface area contributed by atoms with E-state index in [-0.39, 0.29) is 23.2 Å². The maximum absolute atomic E-state index is 11.5. The highest BCUT2D eigenvalue weighted by Gasteiger charge is 2.22. The number of amides is 1. The van der Waals surface area contributed by atoms with E-state index >= 15 is 0 Å². The van der Waals surface area contributed by atoms with Crippen LogP contribution in [0.15, 0.2) is 11.5 Å². The first-order chi connectivity index (χ1) is 7.68. The van der Waals surface area contributed by atoms with Crippen LogP contribution in [0.2, 0.25) is 0 Å². The molecule has 0 aromatic rings. The highest BCUT2D eigenvalue weighted by atomic mass is 32.2. The number of carbonyl (C=O) groups excluding carboxylic acids is 1. The summed E-state index contributed by atoms with van der Waals surface area (Å²) in [6.07, 6.45) is 1.87. The summed E-state index contributed by atoms with van der Waals surface area (Å²) in [6, 6.07) is -0.373. The van der Waals surface area contributed by atoms with Gasteiger partial charge in [0.05, 0.1) is 11.8 Å². The van der Waals surface area contributed by atoms with Gasteiger partial charge in [0.1, 0.15) is 0 Å². The molecule has 0 spiro atoms. The minimum Gasteiger partial charge on any atom is -0.349 e. The van der Waals surface area contributed by atoms with Gasteiger partial charge in [-0.25, -0.2) is 8.42 Å². The molecule has 0 fully saturated rings. The summed E-state index contributed by atoms with van der Waals surface area (Å²) in [4.78, 5) is 11.5. The molecule has 0 aliphatic carbocycles. The third kappa shape index (κ3) is 5.83. The Morgan fingerprint density at radius 1 is 1.41 bits per heavy atom. The van der Waals surface area contributed by atoms with Crippen molar-refractivity contribution in [3.05, 3.63) is 11.5 Å². The quantitative estimate of drug-likeness (QED) is 0.757. The molecule has 0 aromatic carbocycles. The van der Waals surface area contributed by atoms with Crippen molar-refractivity contribution in [3.63, 3.8) is 0 Å². The summed E-state index contributed by atoms with van der Waals surface area (Å²) >= 11 is 0. The highest BCUT2D eigenvalue weighted by molar-refractivity contribution is 7.94. The van der Waals surface area contributed by atoms with Gasteiger partial charge in [-0.05, 0) is 26.8 Å². The number of hydrogen-bond donors (Lipinski definition) is 2. The monoisotopic (exact) mass is 260 g/mol. The van der Waals surface area contributed by atoms with Gasteiger partial charge in [-0.3, -0.25) is 4.79 Å². The molecule has 1 amide bonds. The maximum atomic E-state index is 11.5. The topological polar surface area (TPSA) is 75.3 Å². The molecule has 0 saturated carbocycles. The molecule has 98 valence electrons. The Hall–Kier alpha value is -0.880. The van der Waals surface area contributed by atoms with Crippen molar-refractivity contribution in [1.82, 2.24) is 10.6 Å². The number of rotatable bonds is 4. The SMILES string of the molecule is CC(C)(C)NCCC(=O)NC1C=CS(=O)(=O)C1. The second kappa shape index (κ2) is 5.18. The summed E-state index contributed by atoms with van der Waals surface area (Å²) in [7, 11) is -3.10. The van der Waals surface area contributed by atoms with Gasteiger partial charge in [0.2, 0.25) is 5.91 Å². The first kappa shape index (κ1) is 14.2. The molecule has 0 aromatic heterocycles. The Labute approximate surface area is 103 Å². The molecule has 1 aliphatic rings. The molecular formula is C11H20N2O3S. The minimum atomic E-state index is -3.10. The number of sulfone groups is 1. The standard InChI is InChI=1S/C11H20N2O3S/c1-11(2,3)12-6-4-10(14)13-9-5-7-17(15,16)8-9/h5,7,9,12H,4,6,8H2,1-3H3,(H,13,14). The zero-order valence-electron chi connectivity index (χ0n) is 10.5. The Bertz CT molecular complexity index is 407. The number of hydrogen-bond acceptors (Lipinski definition) is 4. The Kier molecular flexibility index (Phi) is 4.32. The molecule has 1 unspecified atom stereocenters. The zero-order valence-corrected chi connectivity index (χ0v) is 11.3. The molecule has 5 nitrogen and oxygen atoms in total. The predicted molar refractivity (Wildman–Crippen MR) is 67.2 cm³/mol. The molecule has 6 heteroatoms. The molecule has 1 aliphatic heterocycles. The van der Waals surface area contributed by atoms with Crippen LogP contribution in [0.1, 0.15) is 27.2 Å². The minimum absolute atomic E-state index is 0.0170. The van der Waals surface area contributed by atoms with Gasteiger partial charge in [0.25, 0.3) is 0 Å². The second-order valence-electron chi connectivity index (χ2n) is 5.26. The van der Waals surface area contributed by atoms with Gasteiger partial charge < -0.3 is 10.6 Å². The number of nitrogens with one attached hydrogen (secondary N) is 2. The molecule has 0 bridgehead atoms. The van der Waals surface area contributed by atoms with Crippen molar-refractivity contribution in [3.8, 4) is 0 Å². The molecule has 17 heavy (non-hydrogen) atoms. The van der Waals surface area contributed by atoms with E-state index in [0.29, 0.717) is 13.0 Å². The molecule has 1 rings (SSSR count). The van der Waals surface area contributed by atoms with Crippen molar-refractivity contribution in [1.29, 1.82) is 0 Å². The molecule has 0 saturated heterocycles. The van der Waals surface area contributed by atoms with Crippen molar-refractivity contribution in [2.45, 2.75) is 38.8 Å². The lowest BCUT2D eigenvalue weighted by Gasteiger charge is -2.20. The first-order valence-electron chi connectivity index (χ1n) is 5.63. The Morgan fingerprint density at radius 3 is 2.53 bits per heavy atom. The van der Waals surface area contributed by atoms with Crippen molar-refractivity contribution in [2.24, 2.45) is 0 Å². The van der Waals surface area contributed by atoms with Gasteiger partial charge in [-0.1, -0.05) is 0 Å². The molecule has 1 atom stereocenters. The van der Waals surface area contributed by atoms with Gasteiger partial charge in [-0.2, -0.15) is 0 Å². The fourth-order valence-electron chi connectivity index (χ4n) is 1.50. The van der Waals surface area contributed by atoms with Gasteiger partial charge >= 0.3 is 0 Å². The van der Waals surface area contributed by atoms with E-state index in [1.54, 1.807) is 0 Å². The van der Waals surface area contributed by atoms with Crippen LogP contribution in [-0.2, 0) is 14.6 Å². The molecule has 1 heterocycles. The largest absolute Gasteiger partial charge is 0.349 e. The summed E-state index contributed by atoms with van der Waals surface area (Å²) in [5.74, 6) is -0.153. The van der Waals surface area contributed by atoms with E-state index < -0.39 is 9.84 Å². The fourth-order valence-corrected chi connectivity index (χ4v) is 2.73. The fraction of sp³-hybridized carbons (Fsp3) is 0.727. The van der Waals surface area contributed by atoms with Crippen molar-refractivity contribution < 1.29 is 13.2 Å². The van der Waals surface area contributed by atoms with Crippen LogP contribution in [0.5, 0.6) is 0 Å². The average Bonchev–Trinajstić information content (AvgIpc) is 2.42. The van der Waals surface area contributed by atoms with E-state index in [1.807, 2.05) is 20.8 Å². The van der Waals surface area contributed by atoms with Crippen LogP contribution in [0, 0.1) is 0 Å². The van der Waals surface area contributed by atoms with E-state index in [4.69, 9.17) is 0 Å². The summed E-state index contributed by atoms with van der Waals surface area (Å²) in [5, 5.41) is 7.03. The van der Waals surface area contributed by atoms with Crippen LogP contribution < -0.4 is 10.6 Å². The van der Waals surface area contributed by atoms with Crippen molar-refractivity contribution in [2.75, 3.05) is 12.3 Å². The van der Waals surface area contributed by atoms with Gasteiger partial charge in [-0.15, -0.1) is 0 Å². The smallest absolute Gasteiger partial charge is 0.221 e. The van der Waals surface area contributed by atoms with Crippen LogP contribution in [0.3, 0.4) is 0 Å². The molecule has 0 radical (unpaired) electrons. The van der Waals surface area contributed by atoms with Crippen LogP contribution in [-0.4, -0.2) is 38.2 Å². The third-order valence-corrected chi connectivity index (χ3v) is 3.68. The van der Waals surface area contributed by atoms with Gasteiger partial charge in [0, 0.05) is 23.9 Å². The Morgan fingerprint density at radius 2 is 2.06 bits per heavy atom.